The molecule has 1 amide bonds. The molecule has 3 aliphatic rings. The number of fused-ring (bicyclic) bond motifs is 2. The van der Waals surface area contributed by atoms with E-state index in [1.807, 2.05) is 11.8 Å². The number of nitrogens with zero attached hydrogens (tertiary/aromatic N) is 3. The van der Waals surface area contributed by atoms with E-state index in [0.29, 0.717) is 67.2 Å². The summed E-state index contributed by atoms with van der Waals surface area (Å²) in [7, 11) is 0. The first kappa shape index (κ1) is 24.6. The predicted octanol–water partition coefficient (Wildman–Crippen LogP) is 3.49. The molecule has 0 saturated carbocycles. The van der Waals surface area contributed by atoms with Crippen LogP contribution in [0, 0.1) is 12.7 Å². The van der Waals surface area contributed by atoms with Crippen LogP contribution >= 0.6 is 0 Å². The summed E-state index contributed by atoms with van der Waals surface area (Å²) in [6.45, 7) is 5.03. The number of nitrogens with one attached hydrogen (secondary N) is 2. The summed E-state index contributed by atoms with van der Waals surface area (Å²) in [5, 5.41) is 6.76. The number of anilines is 3. The zero-order valence-electron chi connectivity index (χ0n) is 20.8. The molecule has 4 N–H and O–H groups in total. The van der Waals surface area contributed by atoms with Gasteiger partial charge >= 0.3 is 6.09 Å². The van der Waals surface area contributed by atoms with E-state index >= 15 is 4.39 Å². The van der Waals surface area contributed by atoms with E-state index in [1.165, 1.54) is 6.20 Å². The van der Waals surface area contributed by atoms with Crippen LogP contribution in [0.15, 0.2) is 24.5 Å². The number of hydrogen-bond donors (Lipinski definition) is 3. The van der Waals surface area contributed by atoms with Crippen LogP contribution < -0.4 is 21.1 Å². The van der Waals surface area contributed by atoms with E-state index in [0.717, 1.165) is 5.56 Å². The van der Waals surface area contributed by atoms with Crippen LogP contribution in [-0.4, -0.2) is 78.7 Å². The van der Waals surface area contributed by atoms with Crippen molar-refractivity contribution in [2.45, 2.75) is 31.7 Å². The number of piperidine rings is 1. The predicted molar refractivity (Wildman–Crippen MR) is 138 cm³/mol. The first-order valence-corrected chi connectivity index (χ1v) is 12.6. The van der Waals surface area contributed by atoms with Gasteiger partial charge in [0.1, 0.15) is 30.4 Å². The third kappa shape index (κ3) is 4.43. The minimum absolute atomic E-state index is 0.0654. The van der Waals surface area contributed by atoms with E-state index < -0.39 is 24.2 Å². The van der Waals surface area contributed by atoms with Crippen molar-refractivity contribution < 1.29 is 27.8 Å². The number of aromatic nitrogens is 2. The van der Waals surface area contributed by atoms with Crippen molar-refractivity contribution in [3.8, 4) is 17.0 Å². The molecule has 0 aliphatic carbocycles. The lowest BCUT2D eigenvalue weighted by Crippen LogP contribution is -2.56. The summed E-state index contributed by atoms with van der Waals surface area (Å²) in [5.74, 6) is 0.0585. The van der Waals surface area contributed by atoms with Crippen molar-refractivity contribution in [3.63, 3.8) is 0 Å². The third-order valence-corrected chi connectivity index (χ3v) is 7.37. The molecule has 2 saturated heterocycles. The van der Waals surface area contributed by atoms with Gasteiger partial charge in [0.05, 0.1) is 24.9 Å². The van der Waals surface area contributed by atoms with Crippen LogP contribution in [0.1, 0.15) is 12.0 Å². The van der Waals surface area contributed by atoms with Gasteiger partial charge in [-0.25, -0.2) is 23.5 Å². The van der Waals surface area contributed by atoms with Gasteiger partial charge in [-0.05, 0) is 30.0 Å². The summed E-state index contributed by atoms with van der Waals surface area (Å²) in [4.78, 5) is 23.1. The van der Waals surface area contributed by atoms with Crippen molar-refractivity contribution in [2.24, 2.45) is 0 Å². The topological polar surface area (TPSA) is 124 Å². The van der Waals surface area contributed by atoms with Gasteiger partial charge in [-0.1, -0.05) is 0 Å². The van der Waals surface area contributed by atoms with E-state index in [2.05, 4.69) is 20.6 Å². The van der Waals surface area contributed by atoms with Gasteiger partial charge in [0.25, 0.3) is 0 Å². The molecule has 0 radical (unpaired) electrons. The highest BCUT2D eigenvalue weighted by atomic mass is 19.1. The van der Waals surface area contributed by atoms with Gasteiger partial charge < -0.3 is 25.3 Å². The van der Waals surface area contributed by atoms with Crippen molar-refractivity contribution >= 4 is 34.1 Å². The van der Waals surface area contributed by atoms with Crippen LogP contribution in [0.2, 0.25) is 0 Å². The van der Waals surface area contributed by atoms with Crippen molar-refractivity contribution in [1.29, 1.82) is 0 Å². The lowest BCUT2D eigenvalue weighted by Gasteiger charge is -2.42. The van der Waals surface area contributed by atoms with Gasteiger partial charge in [0.15, 0.2) is 5.82 Å². The average Bonchev–Trinajstić information content (AvgIpc) is 2.87. The van der Waals surface area contributed by atoms with Gasteiger partial charge in [-0.2, -0.15) is 0 Å². The lowest BCUT2D eigenvalue weighted by molar-refractivity contribution is -0.0964. The normalized spacial score (nSPS) is 21.7. The Morgan fingerprint density at radius 3 is 2.87 bits per heavy atom. The maximum absolute atomic E-state index is 15.4. The molecule has 5 heterocycles. The fourth-order valence-corrected chi connectivity index (χ4v) is 5.13. The molecule has 2 fully saturated rings. The molecule has 10 nitrogen and oxygen atoms in total. The first-order valence-electron chi connectivity index (χ1n) is 12.6. The molecular weight excluding hydrogens is 498 g/mol. The molecule has 0 bridgehead atoms. The number of ether oxygens (including phenoxy) is 3. The molecule has 1 aromatic carbocycles. The number of nitrogen functional groups attached to an aromatic ring is 1. The Bertz CT molecular complexity index is 1400. The standard InChI is InChI=1S/C26H28F2N6O4/c1-13-17(8-32-25-24(13)30-3-5-37-25)16-6-14-7-21(31-9-18(14)23(29)22(16)28)33-26(35)38-20-2-4-34(10-19(20)27)15-11-36-12-15/h6-9,15,19-20,30H,2-5,10-12,29H2,1H3,(H,31,33,35)/t19-,20-/m0/s1. The van der Waals surface area contributed by atoms with Gasteiger partial charge in [-0.3, -0.25) is 10.2 Å². The van der Waals surface area contributed by atoms with Crippen LogP contribution in [0.4, 0.5) is 30.8 Å². The number of carbonyl (C=O) groups excluding carboxylic acids is 1. The molecule has 2 aromatic heterocycles. The SMILES string of the molecule is Cc1c(-c2cc3cc(NC(=O)O[C@H]4CCN(C5COC5)C[C@@H]4F)ncc3c(N)c2F)cnc2c1NCCO2. The van der Waals surface area contributed by atoms with Gasteiger partial charge in [0, 0.05) is 55.0 Å². The number of hydrogen-bond acceptors (Lipinski definition) is 9. The minimum atomic E-state index is -1.29. The van der Waals surface area contributed by atoms with E-state index in [9.17, 15) is 9.18 Å². The lowest BCUT2D eigenvalue weighted by atomic mass is 9.97. The molecule has 12 heteroatoms. The molecule has 3 aromatic rings. The number of pyridine rings is 2. The van der Waals surface area contributed by atoms with E-state index in [4.69, 9.17) is 19.9 Å². The summed E-state index contributed by atoms with van der Waals surface area (Å²) in [6.07, 6.45) is 0.390. The number of amides is 1. The monoisotopic (exact) mass is 526 g/mol. The zero-order chi connectivity index (χ0) is 26.4. The molecule has 3 aliphatic heterocycles. The van der Waals surface area contributed by atoms with Crippen LogP contribution in [-0.2, 0) is 9.47 Å². The first-order chi connectivity index (χ1) is 18.4. The number of carbonyl (C=O) groups is 1. The minimum Gasteiger partial charge on any atom is -0.474 e. The zero-order valence-corrected chi connectivity index (χ0v) is 20.8. The van der Waals surface area contributed by atoms with Gasteiger partial charge in [-0.15, -0.1) is 0 Å². The van der Waals surface area contributed by atoms with Gasteiger partial charge in [0.2, 0.25) is 5.88 Å². The quantitative estimate of drug-likeness (QED) is 0.438. The highest BCUT2D eigenvalue weighted by molar-refractivity contribution is 5.99. The second-order valence-electron chi connectivity index (χ2n) is 9.75. The molecular formula is C26H28F2N6O4. The Morgan fingerprint density at radius 1 is 1.26 bits per heavy atom. The molecule has 38 heavy (non-hydrogen) atoms. The maximum atomic E-state index is 15.4. The van der Waals surface area contributed by atoms with Crippen LogP contribution in [0.25, 0.3) is 21.9 Å². The second-order valence-corrected chi connectivity index (χ2v) is 9.75. The molecule has 6 rings (SSSR count). The average molecular weight is 527 g/mol. The Hall–Kier alpha value is -3.77. The smallest absolute Gasteiger partial charge is 0.413 e. The number of likely N-dealkylation sites (tertiary alicyclic amines) is 1. The number of benzene rings is 1. The molecule has 2 atom stereocenters. The molecule has 0 spiro atoms. The summed E-state index contributed by atoms with van der Waals surface area (Å²) in [5.41, 5.74) is 8.39. The fourth-order valence-electron chi connectivity index (χ4n) is 5.13. The number of halogens is 2. The summed E-state index contributed by atoms with van der Waals surface area (Å²) in [6, 6.07) is 3.44. The van der Waals surface area contributed by atoms with Crippen molar-refractivity contribution in [2.75, 3.05) is 55.8 Å². The largest absolute Gasteiger partial charge is 0.474 e. The Balaban J connectivity index is 1.21. The summed E-state index contributed by atoms with van der Waals surface area (Å²) < 4.78 is 46.2. The van der Waals surface area contributed by atoms with Crippen molar-refractivity contribution in [3.05, 3.63) is 35.9 Å². The van der Waals surface area contributed by atoms with E-state index in [1.54, 1.807) is 18.3 Å². The highest BCUT2D eigenvalue weighted by Crippen LogP contribution is 2.39. The second kappa shape index (κ2) is 9.84. The Labute approximate surface area is 217 Å². The third-order valence-electron chi connectivity index (χ3n) is 7.37. The van der Waals surface area contributed by atoms with Crippen LogP contribution in [0.3, 0.4) is 0 Å². The number of nitrogens with two attached hydrogens (primary N) is 1. The number of rotatable bonds is 4. The molecule has 0 unspecified atom stereocenters. The Morgan fingerprint density at radius 2 is 2.11 bits per heavy atom. The maximum Gasteiger partial charge on any atom is 0.413 e. The Kier molecular flexibility index (Phi) is 6.36. The summed E-state index contributed by atoms with van der Waals surface area (Å²) >= 11 is 0. The van der Waals surface area contributed by atoms with Crippen LogP contribution in [0.5, 0.6) is 5.88 Å². The molecule has 200 valence electrons. The van der Waals surface area contributed by atoms with E-state index in [-0.39, 0.29) is 29.7 Å². The fraction of sp³-hybridized carbons (Fsp3) is 0.423. The highest BCUT2D eigenvalue weighted by Gasteiger charge is 2.37. The van der Waals surface area contributed by atoms with Crippen molar-refractivity contribution in [1.82, 2.24) is 14.9 Å². The number of alkyl halides is 1.